The summed E-state index contributed by atoms with van der Waals surface area (Å²) in [6.07, 6.45) is 1.36. The van der Waals surface area contributed by atoms with Gasteiger partial charge in [-0.2, -0.15) is 0 Å². The van der Waals surface area contributed by atoms with Crippen LogP contribution in [0.25, 0.3) is 0 Å². The zero-order valence-corrected chi connectivity index (χ0v) is 15.9. The Morgan fingerprint density at radius 2 is 1.82 bits per heavy atom. The van der Waals surface area contributed by atoms with Gasteiger partial charge in [0.2, 0.25) is 0 Å². The van der Waals surface area contributed by atoms with Crippen molar-refractivity contribution in [1.29, 1.82) is 0 Å². The van der Waals surface area contributed by atoms with Gasteiger partial charge in [-0.1, -0.05) is 24.3 Å². The van der Waals surface area contributed by atoms with Gasteiger partial charge in [-0.25, -0.2) is 9.97 Å². The molecule has 0 aliphatic carbocycles. The van der Waals surface area contributed by atoms with Gasteiger partial charge in [0.15, 0.2) is 11.6 Å². The van der Waals surface area contributed by atoms with E-state index in [2.05, 4.69) is 26.1 Å². The van der Waals surface area contributed by atoms with Gasteiger partial charge in [0, 0.05) is 5.69 Å². The lowest BCUT2D eigenvalue weighted by Crippen LogP contribution is -2.30. The number of amides is 1. The number of hydrazine groups is 1. The van der Waals surface area contributed by atoms with Gasteiger partial charge >= 0.3 is 0 Å². The van der Waals surface area contributed by atoms with Crippen LogP contribution < -0.4 is 26.6 Å². The molecule has 0 bridgehead atoms. The zero-order valence-electron chi connectivity index (χ0n) is 15.9. The molecule has 0 saturated carbocycles. The van der Waals surface area contributed by atoms with Gasteiger partial charge in [0.05, 0.1) is 12.7 Å². The number of carbonyl (C=O) groups excluding carboxylic acids is 1. The fourth-order valence-electron chi connectivity index (χ4n) is 2.61. The number of nitrogen functional groups attached to an aromatic ring is 1. The number of nitrogens with one attached hydrogen (secondary N) is 3. The Labute approximate surface area is 163 Å². The molecular weight excluding hydrogens is 356 g/mol. The standard InChI is InChI=1S/C20H22N6O2/c1-12-8-9-13(2)15(10-12)24-18-17(21)19(23-11-22-18)25-26-20(27)14-6-4-5-7-16(14)28-3/h4-11H,21H2,1-3H3,(H,26,27)(H2,22,23,24,25). The van der Waals surface area contributed by atoms with Crippen LogP contribution in [-0.4, -0.2) is 23.0 Å². The molecule has 0 spiro atoms. The molecule has 0 atom stereocenters. The van der Waals surface area contributed by atoms with E-state index in [9.17, 15) is 4.79 Å². The second-order valence-corrected chi connectivity index (χ2v) is 6.21. The number of nitrogens with two attached hydrogens (primary N) is 1. The first-order valence-corrected chi connectivity index (χ1v) is 8.63. The van der Waals surface area contributed by atoms with E-state index in [1.54, 1.807) is 24.3 Å². The molecule has 144 valence electrons. The van der Waals surface area contributed by atoms with Gasteiger partial charge in [-0.15, -0.1) is 0 Å². The van der Waals surface area contributed by atoms with Crippen LogP contribution in [0.15, 0.2) is 48.8 Å². The highest BCUT2D eigenvalue weighted by Gasteiger charge is 2.13. The van der Waals surface area contributed by atoms with Crippen LogP contribution in [0.2, 0.25) is 0 Å². The fraction of sp³-hybridized carbons (Fsp3) is 0.150. The van der Waals surface area contributed by atoms with Gasteiger partial charge in [-0.05, 0) is 43.2 Å². The minimum Gasteiger partial charge on any atom is -0.496 e. The third kappa shape index (κ3) is 4.12. The normalized spacial score (nSPS) is 10.2. The third-order valence-corrected chi connectivity index (χ3v) is 4.18. The smallest absolute Gasteiger partial charge is 0.273 e. The maximum absolute atomic E-state index is 12.4. The van der Waals surface area contributed by atoms with Crippen molar-refractivity contribution >= 4 is 28.9 Å². The Morgan fingerprint density at radius 1 is 1.07 bits per heavy atom. The Balaban J connectivity index is 1.76. The lowest BCUT2D eigenvalue weighted by atomic mass is 10.1. The summed E-state index contributed by atoms with van der Waals surface area (Å²) in [5.41, 5.74) is 15.2. The lowest BCUT2D eigenvalue weighted by molar-refractivity contribution is 0.0959. The van der Waals surface area contributed by atoms with Crippen molar-refractivity contribution in [3.8, 4) is 5.75 Å². The average molecular weight is 378 g/mol. The summed E-state index contributed by atoms with van der Waals surface area (Å²) in [4.78, 5) is 20.7. The maximum Gasteiger partial charge on any atom is 0.273 e. The Hall–Kier alpha value is -3.81. The summed E-state index contributed by atoms with van der Waals surface area (Å²) in [6, 6.07) is 13.0. The highest BCUT2D eigenvalue weighted by atomic mass is 16.5. The predicted octanol–water partition coefficient (Wildman–Crippen LogP) is 3.18. The second kappa shape index (κ2) is 8.26. The van der Waals surface area contributed by atoms with E-state index < -0.39 is 0 Å². The van der Waals surface area contributed by atoms with Gasteiger partial charge < -0.3 is 15.8 Å². The summed E-state index contributed by atoms with van der Waals surface area (Å²) < 4.78 is 5.20. The molecule has 3 aromatic rings. The van der Waals surface area contributed by atoms with Crippen LogP contribution in [0.1, 0.15) is 21.5 Å². The molecule has 8 nitrogen and oxygen atoms in total. The summed E-state index contributed by atoms with van der Waals surface area (Å²) in [6.45, 7) is 4.00. The Kier molecular flexibility index (Phi) is 5.59. The minimum absolute atomic E-state index is 0.281. The number of aryl methyl sites for hydroxylation is 2. The summed E-state index contributed by atoms with van der Waals surface area (Å²) >= 11 is 0. The first-order valence-electron chi connectivity index (χ1n) is 8.63. The number of hydrogen-bond acceptors (Lipinski definition) is 7. The molecule has 1 amide bonds. The van der Waals surface area contributed by atoms with E-state index in [4.69, 9.17) is 10.5 Å². The lowest BCUT2D eigenvalue weighted by Gasteiger charge is -2.15. The quantitative estimate of drug-likeness (QED) is 0.487. The Bertz CT molecular complexity index is 1010. The van der Waals surface area contributed by atoms with Crippen molar-refractivity contribution < 1.29 is 9.53 Å². The van der Waals surface area contributed by atoms with E-state index >= 15 is 0 Å². The van der Waals surface area contributed by atoms with Crippen LogP contribution in [0.5, 0.6) is 5.75 Å². The topological polar surface area (TPSA) is 114 Å². The second-order valence-electron chi connectivity index (χ2n) is 6.21. The van der Waals surface area contributed by atoms with Crippen LogP contribution >= 0.6 is 0 Å². The van der Waals surface area contributed by atoms with E-state index in [1.807, 2.05) is 32.0 Å². The molecule has 0 saturated heterocycles. The monoisotopic (exact) mass is 378 g/mol. The van der Waals surface area contributed by atoms with E-state index in [0.29, 0.717) is 17.1 Å². The van der Waals surface area contributed by atoms with Gasteiger partial charge in [-0.3, -0.25) is 15.6 Å². The van der Waals surface area contributed by atoms with Gasteiger partial charge in [0.1, 0.15) is 17.8 Å². The fourth-order valence-corrected chi connectivity index (χ4v) is 2.61. The number of methoxy groups -OCH3 is 1. The van der Waals surface area contributed by atoms with Crippen LogP contribution in [0, 0.1) is 13.8 Å². The zero-order chi connectivity index (χ0) is 20.1. The summed E-state index contributed by atoms with van der Waals surface area (Å²) in [5, 5.41) is 3.21. The maximum atomic E-state index is 12.4. The minimum atomic E-state index is -0.375. The molecule has 0 radical (unpaired) electrons. The first-order chi connectivity index (χ1) is 13.5. The summed E-state index contributed by atoms with van der Waals surface area (Å²) in [5.74, 6) is 0.818. The predicted molar refractivity (Wildman–Crippen MR) is 110 cm³/mol. The number of nitrogens with zero attached hydrogens (tertiary/aromatic N) is 2. The number of benzene rings is 2. The van der Waals surface area contributed by atoms with Crippen molar-refractivity contribution in [3.63, 3.8) is 0 Å². The van der Waals surface area contributed by atoms with Crippen molar-refractivity contribution in [3.05, 3.63) is 65.5 Å². The molecule has 0 fully saturated rings. The SMILES string of the molecule is COc1ccccc1C(=O)NNc1ncnc(Nc2cc(C)ccc2C)c1N. The van der Waals surface area contributed by atoms with Crippen LogP contribution in [0.3, 0.4) is 0 Å². The highest BCUT2D eigenvalue weighted by molar-refractivity contribution is 5.97. The van der Waals surface area contributed by atoms with E-state index in [1.165, 1.54) is 13.4 Å². The molecule has 3 rings (SSSR count). The number of anilines is 4. The number of rotatable bonds is 6. The third-order valence-electron chi connectivity index (χ3n) is 4.18. The molecule has 1 heterocycles. The molecule has 0 unspecified atom stereocenters. The molecule has 8 heteroatoms. The molecule has 1 aromatic heterocycles. The molecule has 0 aliphatic rings. The first kappa shape index (κ1) is 19.0. The number of aromatic nitrogens is 2. The molecular formula is C20H22N6O2. The average Bonchev–Trinajstić information content (AvgIpc) is 2.71. The van der Waals surface area contributed by atoms with Gasteiger partial charge in [0.25, 0.3) is 5.91 Å². The van der Waals surface area contributed by atoms with Crippen molar-refractivity contribution in [2.45, 2.75) is 13.8 Å². The highest BCUT2D eigenvalue weighted by Crippen LogP contribution is 2.27. The summed E-state index contributed by atoms with van der Waals surface area (Å²) in [7, 11) is 1.51. The van der Waals surface area contributed by atoms with Crippen molar-refractivity contribution in [2.75, 3.05) is 23.6 Å². The number of ether oxygens (including phenoxy) is 1. The van der Waals surface area contributed by atoms with Crippen LogP contribution in [0.4, 0.5) is 23.0 Å². The molecule has 28 heavy (non-hydrogen) atoms. The van der Waals surface area contributed by atoms with Crippen molar-refractivity contribution in [1.82, 2.24) is 15.4 Å². The van der Waals surface area contributed by atoms with E-state index in [-0.39, 0.29) is 17.4 Å². The van der Waals surface area contributed by atoms with Crippen LogP contribution in [-0.2, 0) is 0 Å². The molecule has 5 N–H and O–H groups in total. The Morgan fingerprint density at radius 3 is 2.61 bits per heavy atom. The largest absolute Gasteiger partial charge is 0.496 e. The number of carbonyl (C=O) groups is 1. The van der Waals surface area contributed by atoms with E-state index in [0.717, 1.165) is 16.8 Å². The van der Waals surface area contributed by atoms with Crippen molar-refractivity contribution in [2.24, 2.45) is 0 Å². The molecule has 2 aromatic carbocycles. The number of hydrogen-bond donors (Lipinski definition) is 4. The molecule has 0 aliphatic heterocycles. The number of para-hydroxylation sites is 1.